The smallest absolute Gasteiger partial charge is 0.248 e. The predicted octanol–water partition coefficient (Wildman–Crippen LogP) is 4.75. The maximum Gasteiger partial charge on any atom is 0.248 e. The number of carbonyl (C=O) groups is 1. The van der Waals surface area contributed by atoms with Gasteiger partial charge in [0.2, 0.25) is 5.91 Å². The third-order valence-electron chi connectivity index (χ3n) is 2.39. The number of hydrogen-bond donors (Lipinski definition) is 1. The lowest BCUT2D eigenvalue weighted by Crippen LogP contribution is -2.07. The van der Waals surface area contributed by atoms with E-state index < -0.39 is 0 Å². The van der Waals surface area contributed by atoms with Crippen LogP contribution >= 0.6 is 27.5 Å². The average Bonchev–Trinajstić information content (AvgIpc) is 2.39. The Bertz CT molecular complexity index is 608. The summed E-state index contributed by atoms with van der Waals surface area (Å²) in [6.45, 7) is 0. The van der Waals surface area contributed by atoms with Crippen molar-refractivity contribution < 1.29 is 4.79 Å². The highest BCUT2D eigenvalue weighted by Crippen LogP contribution is 2.14. The van der Waals surface area contributed by atoms with Gasteiger partial charge in [-0.2, -0.15) is 0 Å². The number of amides is 1. The normalized spacial score (nSPS) is 10.6. The van der Waals surface area contributed by atoms with Crippen molar-refractivity contribution >= 4 is 45.2 Å². The number of nitrogens with one attached hydrogen (secondary N) is 1. The van der Waals surface area contributed by atoms with Crippen molar-refractivity contribution in [2.24, 2.45) is 0 Å². The molecular formula is C15H11BrClNO. The molecule has 0 aliphatic heterocycles. The van der Waals surface area contributed by atoms with Crippen LogP contribution in [0.3, 0.4) is 0 Å². The second-order valence-corrected chi connectivity index (χ2v) is 5.24. The molecule has 0 aliphatic carbocycles. The molecule has 0 aromatic heterocycles. The molecule has 0 spiro atoms. The topological polar surface area (TPSA) is 29.1 Å². The summed E-state index contributed by atoms with van der Waals surface area (Å²) in [7, 11) is 0. The van der Waals surface area contributed by atoms with Crippen LogP contribution in [0.2, 0.25) is 5.02 Å². The third-order valence-corrected chi connectivity index (χ3v) is 3.15. The van der Waals surface area contributed by atoms with Crippen molar-refractivity contribution in [2.45, 2.75) is 0 Å². The number of carbonyl (C=O) groups excluding carboxylic acids is 1. The quantitative estimate of drug-likeness (QED) is 0.805. The summed E-state index contributed by atoms with van der Waals surface area (Å²) in [6, 6.07) is 14.7. The standard InChI is InChI=1S/C15H11BrClNO/c16-12-5-7-14(8-6-12)18-15(19)9-4-11-2-1-3-13(17)10-11/h1-10H,(H,18,19). The minimum absolute atomic E-state index is 0.178. The molecule has 0 atom stereocenters. The molecule has 0 unspecified atom stereocenters. The van der Waals surface area contributed by atoms with Gasteiger partial charge in [-0.3, -0.25) is 4.79 Å². The highest BCUT2D eigenvalue weighted by molar-refractivity contribution is 9.10. The van der Waals surface area contributed by atoms with Crippen LogP contribution in [0.15, 0.2) is 59.1 Å². The molecule has 0 saturated carbocycles. The molecule has 0 fully saturated rings. The summed E-state index contributed by atoms with van der Waals surface area (Å²) in [5.74, 6) is -0.178. The summed E-state index contributed by atoms with van der Waals surface area (Å²) in [5, 5.41) is 3.42. The minimum atomic E-state index is -0.178. The van der Waals surface area contributed by atoms with Crippen LogP contribution in [0.25, 0.3) is 6.08 Å². The van der Waals surface area contributed by atoms with Gasteiger partial charge in [-0.25, -0.2) is 0 Å². The summed E-state index contributed by atoms with van der Waals surface area (Å²) in [4.78, 5) is 11.7. The van der Waals surface area contributed by atoms with E-state index >= 15 is 0 Å². The van der Waals surface area contributed by atoms with E-state index in [4.69, 9.17) is 11.6 Å². The van der Waals surface area contributed by atoms with Gasteiger partial charge in [-0.05, 0) is 48.0 Å². The number of hydrogen-bond acceptors (Lipinski definition) is 1. The minimum Gasteiger partial charge on any atom is -0.323 e. The fourth-order valence-corrected chi connectivity index (χ4v) is 1.96. The van der Waals surface area contributed by atoms with Crippen molar-refractivity contribution in [2.75, 3.05) is 5.32 Å². The number of rotatable bonds is 3. The Balaban J connectivity index is 1.99. The van der Waals surface area contributed by atoms with Gasteiger partial charge < -0.3 is 5.32 Å². The van der Waals surface area contributed by atoms with Gasteiger partial charge in [0.1, 0.15) is 0 Å². The van der Waals surface area contributed by atoms with Gasteiger partial charge in [0, 0.05) is 21.3 Å². The highest BCUT2D eigenvalue weighted by atomic mass is 79.9. The van der Waals surface area contributed by atoms with Crippen LogP contribution in [0.1, 0.15) is 5.56 Å². The van der Waals surface area contributed by atoms with Gasteiger partial charge >= 0.3 is 0 Å². The second-order valence-electron chi connectivity index (χ2n) is 3.88. The lowest BCUT2D eigenvalue weighted by Gasteiger charge is -2.01. The van der Waals surface area contributed by atoms with Crippen LogP contribution in [-0.2, 0) is 4.79 Å². The van der Waals surface area contributed by atoms with E-state index in [1.807, 2.05) is 36.4 Å². The highest BCUT2D eigenvalue weighted by Gasteiger charge is 1.97. The van der Waals surface area contributed by atoms with Gasteiger partial charge in [0.25, 0.3) is 0 Å². The molecule has 0 aliphatic rings. The molecule has 2 aromatic carbocycles. The number of halogens is 2. The van der Waals surface area contributed by atoms with Crippen molar-refractivity contribution in [1.82, 2.24) is 0 Å². The Hall–Kier alpha value is -1.58. The Morgan fingerprint density at radius 1 is 1.16 bits per heavy atom. The van der Waals surface area contributed by atoms with E-state index in [9.17, 15) is 4.79 Å². The fraction of sp³-hybridized carbons (Fsp3) is 0. The first-order chi connectivity index (χ1) is 9.13. The van der Waals surface area contributed by atoms with Gasteiger partial charge in [-0.15, -0.1) is 0 Å². The Morgan fingerprint density at radius 2 is 1.89 bits per heavy atom. The second kappa shape index (κ2) is 6.55. The van der Waals surface area contributed by atoms with Gasteiger partial charge in [0.05, 0.1) is 0 Å². The van der Waals surface area contributed by atoms with Crippen LogP contribution in [0.4, 0.5) is 5.69 Å². The van der Waals surface area contributed by atoms with E-state index in [-0.39, 0.29) is 5.91 Å². The largest absolute Gasteiger partial charge is 0.323 e. The molecule has 0 saturated heterocycles. The molecule has 4 heteroatoms. The zero-order valence-electron chi connectivity index (χ0n) is 9.94. The molecule has 19 heavy (non-hydrogen) atoms. The third kappa shape index (κ3) is 4.54. The monoisotopic (exact) mass is 335 g/mol. The van der Waals surface area contributed by atoms with Crippen LogP contribution in [-0.4, -0.2) is 5.91 Å². The first-order valence-corrected chi connectivity index (χ1v) is 6.81. The summed E-state index contributed by atoms with van der Waals surface area (Å²) in [5.41, 5.74) is 1.64. The van der Waals surface area contributed by atoms with E-state index in [2.05, 4.69) is 21.2 Å². The molecule has 0 radical (unpaired) electrons. The lowest BCUT2D eigenvalue weighted by molar-refractivity contribution is -0.111. The predicted molar refractivity (Wildman–Crippen MR) is 83.3 cm³/mol. The summed E-state index contributed by atoms with van der Waals surface area (Å²) in [6.07, 6.45) is 3.20. The van der Waals surface area contributed by atoms with Crippen LogP contribution in [0.5, 0.6) is 0 Å². The Kier molecular flexibility index (Phi) is 4.77. The van der Waals surface area contributed by atoms with Crippen LogP contribution < -0.4 is 5.32 Å². The zero-order valence-corrected chi connectivity index (χ0v) is 12.3. The Morgan fingerprint density at radius 3 is 2.58 bits per heavy atom. The van der Waals surface area contributed by atoms with Crippen molar-refractivity contribution in [3.63, 3.8) is 0 Å². The van der Waals surface area contributed by atoms with Crippen molar-refractivity contribution in [3.8, 4) is 0 Å². The van der Waals surface area contributed by atoms with Gasteiger partial charge in [0.15, 0.2) is 0 Å². The summed E-state index contributed by atoms with van der Waals surface area (Å²) >= 11 is 9.21. The molecule has 1 amide bonds. The molecule has 2 aromatic rings. The Labute approximate surface area is 125 Å². The average molecular weight is 337 g/mol. The first-order valence-electron chi connectivity index (χ1n) is 5.64. The SMILES string of the molecule is O=C(C=Cc1cccc(Cl)c1)Nc1ccc(Br)cc1. The molecule has 2 rings (SSSR count). The lowest BCUT2D eigenvalue weighted by atomic mass is 10.2. The fourth-order valence-electron chi connectivity index (χ4n) is 1.50. The van der Waals surface area contributed by atoms with E-state index in [1.54, 1.807) is 18.2 Å². The zero-order chi connectivity index (χ0) is 13.7. The van der Waals surface area contributed by atoms with Gasteiger partial charge in [-0.1, -0.05) is 39.7 Å². The summed E-state index contributed by atoms with van der Waals surface area (Å²) < 4.78 is 0.972. The van der Waals surface area contributed by atoms with E-state index in [0.29, 0.717) is 5.02 Å². The van der Waals surface area contributed by atoms with Crippen LogP contribution in [0, 0.1) is 0 Å². The maximum atomic E-state index is 11.7. The molecule has 96 valence electrons. The van der Waals surface area contributed by atoms with E-state index in [0.717, 1.165) is 15.7 Å². The first kappa shape index (κ1) is 13.8. The van der Waals surface area contributed by atoms with Crippen molar-refractivity contribution in [1.29, 1.82) is 0 Å². The number of anilines is 1. The van der Waals surface area contributed by atoms with E-state index in [1.165, 1.54) is 6.08 Å². The molecular weight excluding hydrogens is 326 g/mol. The maximum absolute atomic E-state index is 11.7. The van der Waals surface area contributed by atoms with Crippen molar-refractivity contribution in [3.05, 3.63) is 69.7 Å². The molecule has 0 heterocycles. The molecule has 1 N–H and O–H groups in total. The number of benzene rings is 2. The molecule has 0 bridgehead atoms. The molecule has 2 nitrogen and oxygen atoms in total.